The van der Waals surface area contributed by atoms with Gasteiger partial charge < -0.3 is 9.47 Å². The maximum absolute atomic E-state index is 13.5. The Kier molecular flexibility index (Phi) is 3.51. The molecule has 2 unspecified atom stereocenters. The van der Waals surface area contributed by atoms with Crippen LogP contribution < -0.4 is 9.47 Å². The maximum Gasteiger partial charge on any atom is 0.275 e. The number of nitrogens with zero attached hydrogens (tertiary/aromatic N) is 2. The number of carbonyl (C=O) groups is 1. The van der Waals surface area contributed by atoms with Gasteiger partial charge in [0.05, 0.1) is 25.3 Å². The lowest BCUT2D eigenvalue weighted by Crippen LogP contribution is -2.59. The second-order valence-corrected chi connectivity index (χ2v) is 8.64. The summed E-state index contributed by atoms with van der Waals surface area (Å²) in [5, 5.41) is 6.75. The molecule has 2 aliphatic heterocycles. The molecule has 5 heteroatoms. The van der Waals surface area contributed by atoms with Gasteiger partial charge in [-0.05, 0) is 53.4 Å². The number of methoxy groups -OCH3 is 2. The zero-order chi connectivity index (χ0) is 21.4. The highest BCUT2D eigenvalue weighted by atomic mass is 16.5. The highest BCUT2D eigenvalue weighted by molar-refractivity contribution is 6.11. The van der Waals surface area contributed by atoms with E-state index in [1.807, 2.05) is 36.4 Å². The van der Waals surface area contributed by atoms with Crippen molar-refractivity contribution in [3.05, 3.63) is 94.5 Å². The fourth-order valence-electron chi connectivity index (χ4n) is 5.82. The van der Waals surface area contributed by atoms with Crippen LogP contribution in [0.1, 0.15) is 39.5 Å². The number of rotatable bonds is 3. The highest BCUT2D eigenvalue weighted by Crippen LogP contribution is 2.61. The van der Waals surface area contributed by atoms with Crippen LogP contribution in [0.2, 0.25) is 0 Å². The molecule has 154 valence electrons. The van der Waals surface area contributed by atoms with Gasteiger partial charge in [-0.2, -0.15) is 5.10 Å². The van der Waals surface area contributed by atoms with Gasteiger partial charge in [-0.25, -0.2) is 5.01 Å². The van der Waals surface area contributed by atoms with Gasteiger partial charge in [0.1, 0.15) is 5.54 Å². The lowest BCUT2D eigenvalue weighted by Gasteiger charge is -2.52. The Morgan fingerprint density at radius 2 is 1.61 bits per heavy atom. The molecule has 4 bridgehead atoms. The molecule has 0 N–H and O–H groups in total. The Balaban J connectivity index is 1.65. The zero-order valence-corrected chi connectivity index (χ0v) is 17.7. The second kappa shape index (κ2) is 5.97. The first-order valence-corrected chi connectivity index (χ1v) is 10.4. The number of hydrogen-bond donors (Lipinski definition) is 0. The third-order valence-corrected chi connectivity index (χ3v) is 7.12. The van der Waals surface area contributed by atoms with Crippen LogP contribution in [0.4, 0.5) is 0 Å². The minimum Gasteiger partial charge on any atom is -0.493 e. The van der Waals surface area contributed by atoms with E-state index in [-0.39, 0.29) is 5.91 Å². The second-order valence-electron chi connectivity index (χ2n) is 8.64. The molecule has 3 aliphatic rings. The standard InChI is InChI=1S/C26H22N2O3/c1-25-15-16-6-4-8-19(12-16)26(25)20-9-5-7-18(13-20)24(29)28(26)27-23(25)17-10-11-21(30-2)22(14-17)31-3/h4-14H,15H2,1-3H3. The van der Waals surface area contributed by atoms with Gasteiger partial charge in [0.15, 0.2) is 11.5 Å². The summed E-state index contributed by atoms with van der Waals surface area (Å²) in [6.45, 7) is 2.23. The van der Waals surface area contributed by atoms with Crippen LogP contribution in [-0.4, -0.2) is 30.8 Å². The van der Waals surface area contributed by atoms with Gasteiger partial charge in [0, 0.05) is 11.1 Å². The Morgan fingerprint density at radius 3 is 2.39 bits per heavy atom. The molecule has 31 heavy (non-hydrogen) atoms. The predicted molar refractivity (Wildman–Crippen MR) is 118 cm³/mol. The number of ether oxygens (including phenoxy) is 2. The summed E-state index contributed by atoms with van der Waals surface area (Å²) in [5.74, 6) is 1.24. The molecular formula is C26H22N2O3. The molecule has 0 radical (unpaired) electrons. The fraction of sp³-hybridized carbons (Fsp3) is 0.231. The summed E-state index contributed by atoms with van der Waals surface area (Å²) in [4.78, 5) is 13.5. The molecule has 0 saturated heterocycles. The first-order chi connectivity index (χ1) is 15.0. The van der Waals surface area contributed by atoms with Crippen LogP contribution in [0.15, 0.2) is 71.8 Å². The van der Waals surface area contributed by atoms with Crippen LogP contribution in [0, 0.1) is 5.41 Å². The molecule has 2 heterocycles. The number of benzene rings is 3. The van der Waals surface area contributed by atoms with Crippen molar-refractivity contribution in [2.75, 3.05) is 14.2 Å². The molecule has 2 atom stereocenters. The zero-order valence-electron chi connectivity index (χ0n) is 17.7. The first-order valence-electron chi connectivity index (χ1n) is 10.4. The van der Waals surface area contributed by atoms with Gasteiger partial charge in [-0.3, -0.25) is 4.79 Å². The van der Waals surface area contributed by atoms with E-state index in [9.17, 15) is 4.79 Å². The molecule has 0 aromatic heterocycles. The summed E-state index contributed by atoms with van der Waals surface area (Å²) >= 11 is 0. The van der Waals surface area contributed by atoms with Crippen LogP contribution >= 0.6 is 0 Å². The van der Waals surface area contributed by atoms with E-state index in [4.69, 9.17) is 14.6 Å². The minimum atomic E-state index is -0.672. The summed E-state index contributed by atoms with van der Waals surface area (Å²) in [7, 11) is 3.25. The number of hydrazone groups is 1. The van der Waals surface area contributed by atoms with Gasteiger partial charge in [0.2, 0.25) is 0 Å². The Morgan fingerprint density at radius 1 is 0.871 bits per heavy atom. The average Bonchev–Trinajstić information content (AvgIpc) is 3.07. The third-order valence-electron chi connectivity index (χ3n) is 7.12. The van der Waals surface area contributed by atoms with Crippen LogP contribution in [0.3, 0.4) is 0 Å². The normalized spacial score (nSPS) is 24.9. The van der Waals surface area contributed by atoms with Crippen LogP contribution in [0.25, 0.3) is 0 Å². The van der Waals surface area contributed by atoms with Crippen molar-refractivity contribution in [3.8, 4) is 11.5 Å². The average molecular weight is 410 g/mol. The van der Waals surface area contributed by atoms with Crippen molar-refractivity contribution in [2.45, 2.75) is 18.9 Å². The van der Waals surface area contributed by atoms with Gasteiger partial charge in [-0.1, -0.05) is 43.3 Å². The van der Waals surface area contributed by atoms with E-state index in [1.165, 1.54) is 5.56 Å². The van der Waals surface area contributed by atoms with E-state index in [1.54, 1.807) is 19.2 Å². The largest absolute Gasteiger partial charge is 0.493 e. The summed E-state index contributed by atoms with van der Waals surface area (Å²) < 4.78 is 11.0. The fourth-order valence-corrected chi connectivity index (χ4v) is 5.82. The smallest absolute Gasteiger partial charge is 0.275 e. The van der Waals surface area contributed by atoms with E-state index in [2.05, 4.69) is 37.3 Å². The van der Waals surface area contributed by atoms with Crippen molar-refractivity contribution >= 4 is 11.6 Å². The number of hydrogen-bond acceptors (Lipinski definition) is 4. The highest BCUT2D eigenvalue weighted by Gasteiger charge is 2.66. The van der Waals surface area contributed by atoms with Gasteiger partial charge in [0.25, 0.3) is 5.91 Å². The van der Waals surface area contributed by atoms with E-state index < -0.39 is 11.0 Å². The summed E-state index contributed by atoms with van der Waals surface area (Å²) in [6.07, 6.45) is 0.780. The Bertz CT molecular complexity index is 1300. The van der Waals surface area contributed by atoms with Crippen molar-refractivity contribution in [2.24, 2.45) is 10.5 Å². The summed E-state index contributed by atoms with van der Waals surface area (Å²) in [6, 6.07) is 22.4. The molecule has 5 nitrogen and oxygen atoms in total. The van der Waals surface area contributed by atoms with E-state index in [0.717, 1.165) is 28.8 Å². The SMILES string of the molecule is COc1ccc(C2=NN3C(=O)c4cccc(c4)C34c3cccc(c3)CC24C)cc1OC. The molecule has 0 saturated carbocycles. The van der Waals surface area contributed by atoms with Gasteiger partial charge in [-0.15, -0.1) is 0 Å². The number of fused-ring (bicyclic) bond motifs is 4. The third kappa shape index (κ3) is 2.06. The molecule has 6 rings (SSSR count). The Labute approximate surface area is 180 Å². The predicted octanol–water partition coefficient (Wildman–Crippen LogP) is 4.38. The molecule has 1 spiro atoms. The van der Waals surface area contributed by atoms with Crippen molar-refractivity contribution in [1.29, 1.82) is 0 Å². The molecule has 1 amide bonds. The number of amides is 1. The van der Waals surface area contributed by atoms with Crippen molar-refractivity contribution < 1.29 is 14.3 Å². The molecule has 0 fully saturated rings. The monoisotopic (exact) mass is 410 g/mol. The summed E-state index contributed by atoms with van der Waals surface area (Å²) in [5.41, 5.74) is 4.82. The lowest BCUT2D eigenvalue weighted by molar-refractivity contribution is 0.0374. The molecular weight excluding hydrogens is 388 g/mol. The van der Waals surface area contributed by atoms with Crippen LogP contribution in [0.5, 0.6) is 11.5 Å². The maximum atomic E-state index is 13.5. The molecule has 3 aromatic carbocycles. The van der Waals surface area contributed by atoms with Crippen molar-refractivity contribution in [3.63, 3.8) is 0 Å². The van der Waals surface area contributed by atoms with E-state index >= 15 is 0 Å². The first kappa shape index (κ1) is 18.2. The minimum absolute atomic E-state index is 0.0675. The Hall–Kier alpha value is -3.60. The van der Waals surface area contributed by atoms with Crippen LogP contribution in [-0.2, 0) is 12.0 Å². The number of carbonyl (C=O) groups excluding carboxylic acids is 1. The lowest BCUT2D eigenvalue weighted by atomic mass is 9.55. The molecule has 3 aromatic rings. The molecule has 1 aliphatic carbocycles. The quantitative estimate of drug-likeness (QED) is 0.644. The van der Waals surface area contributed by atoms with E-state index in [0.29, 0.717) is 17.1 Å². The van der Waals surface area contributed by atoms with Crippen molar-refractivity contribution in [1.82, 2.24) is 5.01 Å². The van der Waals surface area contributed by atoms with Gasteiger partial charge >= 0.3 is 0 Å². The topological polar surface area (TPSA) is 51.1 Å².